The number of para-hydroxylation sites is 1. The summed E-state index contributed by atoms with van der Waals surface area (Å²) < 4.78 is 28.0. The van der Waals surface area contributed by atoms with Crippen LogP contribution in [0, 0.1) is 0 Å². The van der Waals surface area contributed by atoms with Crippen molar-refractivity contribution in [3.63, 3.8) is 0 Å². The van der Waals surface area contributed by atoms with Gasteiger partial charge in [0.1, 0.15) is 0 Å². The zero-order chi connectivity index (χ0) is 14.6. The average molecular weight is 285 g/mol. The Bertz CT molecular complexity index is 567. The number of anilines is 1. The molecule has 2 N–H and O–H groups in total. The molecule has 1 aromatic carbocycles. The second-order valence-electron chi connectivity index (χ2n) is 4.45. The smallest absolute Gasteiger partial charge is 0.301 e. The molecule has 0 bridgehead atoms. The number of nitrogens with zero attached hydrogens (tertiary/aromatic N) is 2. The third-order valence-electron chi connectivity index (χ3n) is 2.81. The highest BCUT2D eigenvalue weighted by molar-refractivity contribution is 7.90. The van der Waals surface area contributed by atoms with Gasteiger partial charge >= 0.3 is 10.2 Å². The predicted octanol–water partition coefficient (Wildman–Crippen LogP) is 1.88. The van der Waals surface area contributed by atoms with E-state index in [9.17, 15) is 8.42 Å². The predicted molar refractivity (Wildman–Crippen MR) is 75.9 cm³/mol. The molecule has 0 atom stereocenters. The van der Waals surface area contributed by atoms with E-state index in [0.717, 1.165) is 0 Å². The fourth-order valence-corrected chi connectivity index (χ4v) is 2.58. The maximum Gasteiger partial charge on any atom is 0.301 e. The summed E-state index contributed by atoms with van der Waals surface area (Å²) in [5, 5.41) is 11.9. The minimum atomic E-state index is -3.63. The number of oxime groups is 1. The van der Waals surface area contributed by atoms with E-state index in [-0.39, 0.29) is 6.04 Å². The molecule has 0 spiro atoms. The summed E-state index contributed by atoms with van der Waals surface area (Å²) in [6.45, 7) is 5.16. The van der Waals surface area contributed by atoms with Crippen LogP contribution in [0.2, 0.25) is 0 Å². The largest absolute Gasteiger partial charge is 0.411 e. The number of nitrogens with one attached hydrogen (secondary N) is 1. The summed E-state index contributed by atoms with van der Waals surface area (Å²) in [7, 11) is -2.13. The van der Waals surface area contributed by atoms with Crippen LogP contribution in [0.5, 0.6) is 0 Å². The molecule has 1 rings (SSSR count). The summed E-state index contributed by atoms with van der Waals surface area (Å²) in [4.78, 5) is 0. The number of hydrogen-bond acceptors (Lipinski definition) is 4. The Morgan fingerprint density at radius 1 is 1.37 bits per heavy atom. The number of benzene rings is 1. The first kappa shape index (κ1) is 15.5. The molecular weight excluding hydrogens is 266 g/mol. The topological polar surface area (TPSA) is 82.0 Å². The fraction of sp³-hybridized carbons (Fsp3) is 0.417. The highest BCUT2D eigenvalue weighted by Gasteiger charge is 2.21. The molecule has 0 aliphatic rings. The van der Waals surface area contributed by atoms with Gasteiger partial charge in [0.15, 0.2) is 0 Å². The van der Waals surface area contributed by atoms with E-state index < -0.39 is 10.2 Å². The van der Waals surface area contributed by atoms with Gasteiger partial charge in [-0.15, -0.1) is 0 Å². The lowest BCUT2D eigenvalue weighted by molar-refractivity contribution is 0.319. The lowest BCUT2D eigenvalue weighted by Crippen LogP contribution is -2.37. The van der Waals surface area contributed by atoms with Crippen LogP contribution in [0.25, 0.3) is 0 Å². The standard InChI is InChI=1S/C12H19N3O3S/c1-9(2)15(4)19(17,18)14-12-8-6-5-7-11(12)10(3)13-16/h5-9,14,16H,1-4H3/b13-10+. The summed E-state index contributed by atoms with van der Waals surface area (Å²) >= 11 is 0. The maximum absolute atomic E-state index is 12.1. The van der Waals surface area contributed by atoms with E-state index in [1.165, 1.54) is 11.4 Å². The van der Waals surface area contributed by atoms with E-state index >= 15 is 0 Å². The third-order valence-corrected chi connectivity index (χ3v) is 4.47. The Labute approximate surface area is 113 Å². The van der Waals surface area contributed by atoms with E-state index in [2.05, 4.69) is 9.88 Å². The van der Waals surface area contributed by atoms with Crippen molar-refractivity contribution in [3.8, 4) is 0 Å². The molecule has 0 aliphatic carbocycles. The van der Waals surface area contributed by atoms with Crippen molar-refractivity contribution in [2.24, 2.45) is 5.16 Å². The van der Waals surface area contributed by atoms with E-state index in [0.29, 0.717) is 17.0 Å². The van der Waals surface area contributed by atoms with Gasteiger partial charge in [0, 0.05) is 18.7 Å². The lowest BCUT2D eigenvalue weighted by Gasteiger charge is -2.22. The van der Waals surface area contributed by atoms with Crippen LogP contribution < -0.4 is 4.72 Å². The van der Waals surface area contributed by atoms with Crippen molar-refractivity contribution in [1.82, 2.24) is 4.31 Å². The minimum Gasteiger partial charge on any atom is -0.411 e. The van der Waals surface area contributed by atoms with Gasteiger partial charge in [0.25, 0.3) is 0 Å². The SMILES string of the molecule is C/C(=N\O)c1ccccc1NS(=O)(=O)N(C)C(C)C. The molecule has 0 fully saturated rings. The van der Waals surface area contributed by atoms with Gasteiger partial charge in [-0.2, -0.15) is 12.7 Å². The van der Waals surface area contributed by atoms with Crippen molar-refractivity contribution in [3.05, 3.63) is 29.8 Å². The van der Waals surface area contributed by atoms with Crippen LogP contribution in [0.4, 0.5) is 5.69 Å². The van der Waals surface area contributed by atoms with E-state index in [1.807, 2.05) is 0 Å². The Hall–Kier alpha value is -1.60. The maximum atomic E-state index is 12.1. The van der Waals surface area contributed by atoms with Crippen molar-refractivity contribution in [1.29, 1.82) is 0 Å². The van der Waals surface area contributed by atoms with Crippen LogP contribution in [-0.2, 0) is 10.2 Å². The van der Waals surface area contributed by atoms with Gasteiger partial charge in [-0.1, -0.05) is 23.4 Å². The highest BCUT2D eigenvalue weighted by Crippen LogP contribution is 2.19. The van der Waals surface area contributed by atoms with Crippen molar-refractivity contribution in [2.75, 3.05) is 11.8 Å². The first-order chi connectivity index (χ1) is 8.79. The minimum absolute atomic E-state index is 0.155. The van der Waals surface area contributed by atoms with Gasteiger partial charge in [-0.25, -0.2) is 0 Å². The normalized spacial score (nSPS) is 13.1. The Kier molecular flexibility index (Phi) is 4.90. The van der Waals surface area contributed by atoms with Gasteiger partial charge in [-0.3, -0.25) is 4.72 Å². The quantitative estimate of drug-likeness (QED) is 0.492. The molecular formula is C12H19N3O3S. The molecule has 0 radical (unpaired) electrons. The zero-order valence-corrected chi connectivity index (χ0v) is 12.3. The van der Waals surface area contributed by atoms with Crippen LogP contribution in [0.3, 0.4) is 0 Å². The van der Waals surface area contributed by atoms with Crippen LogP contribution in [0.1, 0.15) is 26.3 Å². The number of rotatable bonds is 5. The fourth-order valence-electron chi connectivity index (χ4n) is 1.43. The van der Waals surface area contributed by atoms with Crippen LogP contribution in [0.15, 0.2) is 29.4 Å². The Morgan fingerprint density at radius 3 is 2.47 bits per heavy atom. The van der Waals surface area contributed by atoms with Gasteiger partial charge in [-0.05, 0) is 26.8 Å². The van der Waals surface area contributed by atoms with Gasteiger partial charge < -0.3 is 5.21 Å². The first-order valence-corrected chi connectivity index (χ1v) is 7.27. The van der Waals surface area contributed by atoms with Gasteiger partial charge in [0.2, 0.25) is 0 Å². The van der Waals surface area contributed by atoms with E-state index in [1.54, 1.807) is 45.0 Å². The monoisotopic (exact) mass is 285 g/mol. The summed E-state index contributed by atoms with van der Waals surface area (Å²) in [6.07, 6.45) is 0. The third kappa shape index (κ3) is 3.68. The van der Waals surface area contributed by atoms with Crippen molar-refractivity contribution < 1.29 is 13.6 Å². The zero-order valence-electron chi connectivity index (χ0n) is 11.5. The molecule has 0 saturated heterocycles. The molecule has 0 amide bonds. The van der Waals surface area contributed by atoms with Crippen molar-refractivity contribution >= 4 is 21.6 Å². The van der Waals surface area contributed by atoms with Gasteiger partial charge in [0.05, 0.1) is 11.4 Å². The van der Waals surface area contributed by atoms with Crippen molar-refractivity contribution in [2.45, 2.75) is 26.8 Å². The Morgan fingerprint density at radius 2 is 1.95 bits per heavy atom. The summed E-state index contributed by atoms with van der Waals surface area (Å²) in [5.41, 5.74) is 1.25. The van der Waals surface area contributed by atoms with Crippen LogP contribution >= 0.6 is 0 Å². The molecule has 106 valence electrons. The molecule has 0 unspecified atom stereocenters. The summed E-state index contributed by atoms with van der Waals surface area (Å²) in [5.74, 6) is 0. The molecule has 0 saturated carbocycles. The molecule has 0 aliphatic heterocycles. The average Bonchev–Trinajstić information content (AvgIpc) is 2.37. The molecule has 19 heavy (non-hydrogen) atoms. The van der Waals surface area contributed by atoms with Crippen LogP contribution in [-0.4, -0.2) is 36.7 Å². The lowest BCUT2D eigenvalue weighted by atomic mass is 10.1. The second kappa shape index (κ2) is 6.03. The molecule has 6 nitrogen and oxygen atoms in total. The molecule has 0 aromatic heterocycles. The first-order valence-electron chi connectivity index (χ1n) is 5.83. The highest BCUT2D eigenvalue weighted by atomic mass is 32.2. The van der Waals surface area contributed by atoms with E-state index in [4.69, 9.17) is 5.21 Å². The second-order valence-corrected chi connectivity index (χ2v) is 6.18. The Balaban J connectivity index is 3.14. The molecule has 7 heteroatoms. The summed E-state index contributed by atoms with van der Waals surface area (Å²) in [6, 6.07) is 6.60. The molecule has 1 aromatic rings. The number of hydrogen-bond donors (Lipinski definition) is 2. The molecule has 0 heterocycles.